The first kappa shape index (κ1) is 18.5. The molecule has 2 rings (SSSR count). The van der Waals surface area contributed by atoms with Crippen molar-refractivity contribution in [2.45, 2.75) is 33.3 Å². The second-order valence-corrected chi connectivity index (χ2v) is 5.61. The second kappa shape index (κ2) is 8.87. The molecule has 25 heavy (non-hydrogen) atoms. The van der Waals surface area contributed by atoms with Crippen LogP contribution in [0.5, 0.6) is 5.75 Å². The molecule has 0 saturated heterocycles. The number of carbonyl (C=O) groups excluding carboxylic acids is 2. The third-order valence-corrected chi connectivity index (χ3v) is 3.63. The number of benzene rings is 2. The summed E-state index contributed by atoms with van der Waals surface area (Å²) in [6.07, 6.45) is -0.0481. The number of rotatable bonds is 7. The number of hydrogen-bond donors (Lipinski definition) is 1. The predicted octanol–water partition coefficient (Wildman–Crippen LogP) is 3.97. The smallest absolute Gasteiger partial charge is 0.338 e. The summed E-state index contributed by atoms with van der Waals surface area (Å²) in [5, 5.41) is 2.81. The molecule has 0 saturated carbocycles. The lowest BCUT2D eigenvalue weighted by molar-refractivity contribution is -0.122. The minimum Gasteiger partial charge on any atom is -0.481 e. The highest BCUT2D eigenvalue weighted by atomic mass is 16.5. The number of ether oxygens (including phenoxy) is 2. The average Bonchev–Trinajstić information content (AvgIpc) is 2.62. The molecule has 0 unspecified atom stereocenters. The van der Waals surface area contributed by atoms with Gasteiger partial charge in [0.1, 0.15) is 5.75 Å². The van der Waals surface area contributed by atoms with Crippen LogP contribution >= 0.6 is 0 Å². The van der Waals surface area contributed by atoms with E-state index in [-0.39, 0.29) is 11.9 Å². The Balaban J connectivity index is 1.99. The van der Waals surface area contributed by atoms with Gasteiger partial charge in [0.15, 0.2) is 6.10 Å². The van der Waals surface area contributed by atoms with Gasteiger partial charge in [0, 0.05) is 5.69 Å². The zero-order valence-corrected chi connectivity index (χ0v) is 14.7. The van der Waals surface area contributed by atoms with Gasteiger partial charge in [-0.3, -0.25) is 4.79 Å². The van der Waals surface area contributed by atoms with Crippen LogP contribution < -0.4 is 10.1 Å². The summed E-state index contributed by atoms with van der Waals surface area (Å²) in [5.41, 5.74) is 2.18. The lowest BCUT2D eigenvalue weighted by Gasteiger charge is -2.17. The number of hydrogen-bond acceptors (Lipinski definition) is 4. The van der Waals surface area contributed by atoms with Crippen molar-refractivity contribution >= 4 is 17.6 Å². The summed E-state index contributed by atoms with van der Waals surface area (Å²) < 4.78 is 10.7. The van der Waals surface area contributed by atoms with Crippen LogP contribution in [-0.2, 0) is 9.53 Å². The molecule has 2 aromatic rings. The Kier molecular flexibility index (Phi) is 6.57. The lowest BCUT2D eigenvalue weighted by atomic mass is 10.2. The first-order valence-electron chi connectivity index (χ1n) is 8.34. The molecule has 0 radical (unpaired) electrons. The Labute approximate surface area is 148 Å². The number of nitrogens with one attached hydrogen (secondary N) is 1. The SMILES string of the molecule is CCOC(=O)c1ccc(NC(=O)[C@@H](CC)Oc2ccc(C)cc2)cc1. The summed E-state index contributed by atoms with van der Waals surface area (Å²) >= 11 is 0. The Hall–Kier alpha value is -2.82. The van der Waals surface area contributed by atoms with Gasteiger partial charge in [-0.15, -0.1) is 0 Å². The molecule has 0 aliphatic heterocycles. The van der Waals surface area contributed by atoms with E-state index in [0.29, 0.717) is 30.0 Å². The van der Waals surface area contributed by atoms with Crippen molar-refractivity contribution in [2.75, 3.05) is 11.9 Å². The molecule has 5 nitrogen and oxygen atoms in total. The number of esters is 1. The van der Waals surface area contributed by atoms with E-state index in [9.17, 15) is 9.59 Å². The van der Waals surface area contributed by atoms with Crippen LogP contribution in [0.15, 0.2) is 48.5 Å². The molecule has 1 amide bonds. The summed E-state index contributed by atoms with van der Waals surface area (Å²) in [6.45, 7) is 5.97. The van der Waals surface area contributed by atoms with Crippen molar-refractivity contribution in [3.63, 3.8) is 0 Å². The molecule has 0 fully saturated rings. The molecule has 5 heteroatoms. The summed E-state index contributed by atoms with van der Waals surface area (Å²) in [4.78, 5) is 24.0. The Morgan fingerprint density at radius 2 is 1.64 bits per heavy atom. The lowest BCUT2D eigenvalue weighted by Crippen LogP contribution is -2.32. The summed E-state index contributed by atoms with van der Waals surface area (Å²) in [6, 6.07) is 14.2. The third kappa shape index (κ3) is 5.35. The van der Waals surface area contributed by atoms with Crippen LogP contribution in [0.4, 0.5) is 5.69 Å². The fourth-order valence-electron chi connectivity index (χ4n) is 2.23. The molecular formula is C20H23NO4. The minimum absolute atomic E-state index is 0.230. The maximum atomic E-state index is 12.4. The van der Waals surface area contributed by atoms with Crippen LogP contribution in [0.2, 0.25) is 0 Å². The van der Waals surface area contributed by atoms with E-state index in [0.717, 1.165) is 5.56 Å². The summed E-state index contributed by atoms with van der Waals surface area (Å²) in [5.74, 6) is 0.0479. The largest absolute Gasteiger partial charge is 0.481 e. The van der Waals surface area contributed by atoms with Gasteiger partial charge in [-0.1, -0.05) is 24.6 Å². The van der Waals surface area contributed by atoms with Crippen LogP contribution in [0.3, 0.4) is 0 Å². The number of anilines is 1. The van der Waals surface area contributed by atoms with E-state index in [1.54, 1.807) is 31.2 Å². The molecule has 1 atom stereocenters. The topological polar surface area (TPSA) is 64.6 Å². The van der Waals surface area contributed by atoms with Gasteiger partial charge in [0.05, 0.1) is 12.2 Å². The molecule has 0 bridgehead atoms. The van der Waals surface area contributed by atoms with Crippen molar-refractivity contribution in [3.8, 4) is 5.75 Å². The predicted molar refractivity (Wildman–Crippen MR) is 96.9 cm³/mol. The molecule has 0 aromatic heterocycles. The highest BCUT2D eigenvalue weighted by Crippen LogP contribution is 2.16. The normalized spacial score (nSPS) is 11.5. The van der Waals surface area contributed by atoms with Crippen LogP contribution in [0, 0.1) is 6.92 Å². The maximum absolute atomic E-state index is 12.4. The number of amides is 1. The second-order valence-electron chi connectivity index (χ2n) is 5.61. The van der Waals surface area contributed by atoms with Crippen molar-refractivity contribution in [3.05, 3.63) is 59.7 Å². The van der Waals surface area contributed by atoms with Gasteiger partial charge >= 0.3 is 5.97 Å². The quantitative estimate of drug-likeness (QED) is 0.774. The van der Waals surface area contributed by atoms with Gasteiger partial charge in [0.2, 0.25) is 0 Å². The zero-order chi connectivity index (χ0) is 18.2. The number of aryl methyl sites for hydroxylation is 1. The molecular weight excluding hydrogens is 318 g/mol. The number of carbonyl (C=O) groups is 2. The Morgan fingerprint density at radius 3 is 2.20 bits per heavy atom. The standard InChI is InChI=1S/C20H23NO4/c1-4-18(25-17-12-6-14(3)7-13-17)19(22)21-16-10-8-15(9-11-16)20(23)24-5-2/h6-13,18H,4-5H2,1-3H3,(H,21,22)/t18-/m1/s1. The molecule has 2 aromatic carbocycles. The average molecular weight is 341 g/mol. The van der Waals surface area contributed by atoms with Crippen molar-refractivity contribution < 1.29 is 19.1 Å². The molecule has 0 aliphatic carbocycles. The first-order valence-corrected chi connectivity index (χ1v) is 8.34. The van der Waals surface area contributed by atoms with Gasteiger partial charge in [0.25, 0.3) is 5.91 Å². The highest BCUT2D eigenvalue weighted by molar-refractivity contribution is 5.95. The summed E-state index contributed by atoms with van der Waals surface area (Å²) in [7, 11) is 0. The monoisotopic (exact) mass is 341 g/mol. The van der Waals surface area contributed by atoms with Crippen molar-refractivity contribution in [1.82, 2.24) is 0 Å². The van der Waals surface area contributed by atoms with E-state index in [1.165, 1.54) is 0 Å². The Morgan fingerprint density at radius 1 is 1.00 bits per heavy atom. The van der Waals surface area contributed by atoms with Crippen molar-refractivity contribution in [1.29, 1.82) is 0 Å². The van der Waals surface area contributed by atoms with Crippen LogP contribution in [0.25, 0.3) is 0 Å². The van der Waals surface area contributed by atoms with Gasteiger partial charge in [-0.25, -0.2) is 4.79 Å². The molecule has 1 N–H and O–H groups in total. The van der Waals surface area contributed by atoms with E-state index >= 15 is 0 Å². The van der Waals surface area contributed by atoms with E-state index in [4.69, 9.17) is 9.47 Å². The zero-order valence-electron chi connectivity index (χ0n) is 14.7. The molecule has 132 valence electrons. The van der Waals surface area contributed by atoms with Crippen LogP contribution in [0.1, 0.15) is 36.2 Å². The fraction of sp³-hybridized carbons (Fsp3) is 0.300. The van der Waals surface area contributed by atoms with E-state index in [1.807, 2.05) is 38.1 Å². The Bertz CT molecular complexity index is 707. The van der Waals surface area contributed by atoms with E-state index < -0.39 is 6.10 Å². The first-order chi connectivity index (χ1) is 12.0. The van der Waals surface area contributed by atoms with Gasteiger partial charge < -0.3 is 14.8 Å². The highest BCUT2D eigenvalue weighted by Gasteiger charge is 2.18. The third-order valence-electron chi connectivity index (χ3n) is 3.63. The minimum atomic E-state index is -0.590. The van der Waals surface area contributed by atoms with Gasteiger partial charge in [-0.2, -0.15) is 0 Å². The van der Waals surface area contributed by atoms with Crippen LogP contribution in [-0.4, -0.2) is 24.6 Å². The molecule has 0 spiro atoms. The maximum Gasteiger partial charge on any atom is 0.338 e. The van der Waals surface area contributed by atoms with Crippen molar-refractivity contribution in [2.24, 2.45) is 0 Å². The fourth-order valence-corrected chi connectivity index (χ4v) is 2.23. The molecule has 0 aliphatic rings. The van der Waals surface area contributed by atoms with Gasteiger partial charge in [-0.05, 0) is 56.7 Å². The van der Waals surface area contributed by atoms with E-state index in [2.05, 4.69) is 5.32 Å². The molecule has 0 heterocycles.